The number of carbonyl (C=O) groups is 1. The third-order valence-electron chi connectivity index (χ3n) is 4.06. The highest BCUT2D eigenvalue weighted by atomic mass is 32.1. The molecule has 116 valence electrons. The van der Waals surface area contributed by atoms with Crippen LogP contribution in [0.3, 0.4) is 0 Å². The Balaban J connectivity index is 1.93. The van der Waals surface area contributed by atoms with Crippen molar-refractivity contribution in [2.75, 3.05) is 6.54 Å². The minimum Gasteiger partial charge on any atom is -0.392 e. The molecule has 0 spiro atoms. The lowest BCUT2D eigenvalue weighted by atomic mass is 9.79. The number of aryl methyl sites for hydroxylation is 1. The molecule has 0 aliphatic heterocycles. The van der Waals surface area contributed by atoms with Gasteiger partial charge in [-0.05, 0) is 19.8 Å². The van der Waals surface area contributed by atoms with E-state index >= 15 is 0 Å². The Kier molecular flexibility index (Phi) is 5.27. The standard InChI is InChI=1S/C14H22N4O2S/c1-10-17-11(20-18-10)6-9-16-13(19)14(12(15)21)7-4-2-3-5-8-14/h2-9H2,1H3,(H2,15,21)(H,16,19). The fourth-order valence-corrected chi connectivity index (χ4v) is 3.11. The zero-order valence-corrected chi connectivity index (χ0v) is 13.2. The molecule has 1 aromatic rings. The maximum atomic E-state index is 12.6. The summed E-state index contributed by atoms with van der Waals surface area (Å²) >= 11 is 5.19. The average molecular weight is 310 g/mol. The van der Waals surface area contributed by atoms with E-state index in [1.807, 2.05) is 0 Å². The Labute approximate surface area is 129 Å². The average Bonchev–Trinajstić information content (AvgIpc) is 2.72. The smallest absolute Gasteiger partial charge is 0.233 e. The van der Waals surface area contributed by atoms with Crippen molar-refractivity contribution in [3.63, 3.8) is 0 Å². The number of aromatic nitrogens is 2. The van der Waals surface area contributed by atoms with E-state index in [9.17, 15) is 4.79 Å². The molecular formula is C14H22N4O2S. The van der Waals surface area contributed by atoms with Gasteiger partial charge in [0.05, 0.1) is 10.4 Å². The summed E-state index contributed by atoms with van der Waals surface area (Å²) in [7, 11) is 0. The first-order chi connectivity index (χ1) is 10.0. The Morgan fingerprint density at radius 3 is 2.57 bits per heavy atom. The summed E-state index contributed by atoms with van der Waals surface area (Å²) in [6.45, 7) is 2.21. The van der Waals surface area contributed by atoms with Crippen LogP contribution in [0.25, 0.3) is 0 Å². The van der Waals surface area contributed by atoms with E-state index in [2.05, 4.69) is 15.5 Å². The number of thiocarbonyl (C=S) groups is 1. The molecule has 7 heteroatoms. The van der Waals surface area contributed by atoms with Crippen LogP contribution in [0.5, 0.6) is 0 Å². The van der Waals surface area contributed by atoms with Crippen molar-refractivity contribution in [1.82, 2.24) is 15.5 Å². The predicted octanol–water partition coefficient (Wildman–Crippen LogP) is 1.66. The zero-order valence-electron chi connectivity index (χ0n) is 12.4. The molecule has 21 heavy (non-hydrogen) atoms. The molecule has 1 aliphatic rings. The Morgan fingerprint density at radius 1 is 1.38 bits per heavy atom. The number of rotatable bonds is 5. The van der Waals surface area contributed by atoms with Crippen LogP contribution in [-0.2, 0) is 11.2 Å². The van der Waals surface area contributed by atoms with Gasteiger partial charge >= 0.3 is 0 Å². The molecule has 1 saturated carbocycles. The summed E-state index contributed by atoms with van der Waals surface area (Å²) in [5, 5.41) is 6.64. The lowest BCUT2D eigenvalue weighted by Crippen LogP contribution is -2.49. The molecule has 0 atom stereocenters. The molecular weight excluding hydrogens is 288 g/mol. The van der Waals surface area contributed by atoms with Crippen LogP contribution in [0.1, 0.15) is 50.2 Å². The molecule has 3 N–H and O–H groups in total. The normalized spacial score (nSPS) is 18.0. The van der Waals surface area contributed by atoms with Crippen LogP contribution in [0.4, 0.5) is 0 Å². The van der Waals surface area contributed by atoms with Gasteiger partial charge < -0.3 is 15.6 Å². The monoisotopic (exact) mass is 310 g/mol. The van der Waals surface area contributed by atoms with Gasteiger partial charge in [-0.2, -0.15) is 4.98 Å². The van der Waals surface area contributed by atoms with E-state index in [4.69, 9.17) is 22.5 Å². The van der Waals surface area contributed by atoms with Gasteiger partial charge in [0, 0.05) is 13.0 Å². The molecule has 1 fully saturated rings. The van der Waals surface area contributed by atoms with E-state index < -0.39 is 5.41 Å². The summed E-state index contributed by atoms with van der Waals surface area (Å²) in [5.74, 6) is 1.06. The van der Waals surface area contributed by atoms with Crippen LogP contribution in [0.15, 0.2) is 4.52 Å². The minimum atomic E-state index is -0.684. The lowest BCUT2D eigenvalue weighted by Gasteiger charge is -2.30. The molecule has 0 saturated heterocycles. The highest BCUT2D eigenvalue weighted by molar-refractivity contribution is 7.80. The molecule has 1 heterocycles. The first kappa shape index (κ1) is 15.9. The van der Waals surface area contributed by atoms with E-state index in [-0.39, 0.29) is 5.91 Å². The van der Waals surface area contributed by atoms with Crippen molar-refractivity contribution in [2.24, 2.45) is 11.1 Å². The van der Waals surface area contributed by atoms with Gasteiger partial charge in [-0.3, -0.25) is 4.79 Å². The number of nitrogens with one attached hydrogen (secondary N) is 1. The summed E-state index contributed by atoms with van der Waals surface area (Å²) in [6, 6.07) is 0. The van der Waals surface area contributed by atoms with Crippen molar-refractivity contribution in [1.29, 1.82) is 0 Å². The van der Waals surface area contributed by atoms with Gasteiger partial charge in [-0.1, -0.05) is 43.1 Å². The number of nitrogens with two attached hydrogens (primary N) is 1. The second kappa shape index (κ2) is 6.98. The highest BCUT2D eigenvalue weighted by Gasteiger charge is 2.41. The Bertz CT molecular complexity index is 507. The Morgan fingerprint density at radius 2 is 2.05 bits per heavy atom. The summed E-state index contributed by atoms with van der Waals surface area (Å²) in [4.78, 5) is 17.0. The third-order valence-corrected chi connectivity index (χ3v) is 4.45. The fourth-order valence-electron chi connectivity index (χ4n) is 2.81. The fraction of sp³-hybridized carbons (Fsp3) is 0.714. The lowest BCUT2D eigenvalue weighted by molar-refractivity contribution is -0.128. The zero-order chi connectivity index (χ0) is 15.3. The molecule has 1 amide bonds. The van der Waals surface area contributed by atoms with Gasteiger partial charge in [0.15, 0.2) is 5.82 Å². The van der Waals surface area contributed by atoms with E-state index in [1.54, 1.807) is 6.92 Å². The number of carbonyl (C=O) groups excluding carboxylic acids is 1. The maximum absolute atomic E-state index is 12.6. The van der Waals surface area contributed by atoms with Crippen LogP contribution in [0, 0.1) is 12.3 Å². The van der Waals surface area contributed by atoms with Gasteiger partial charge in [-0.15, -0.1) is 0 Å². The van der Waals surface area contributed by atoms with Crippen molar-refractivity contribution in [3.05, 3.63) is 11.7 Å². The summed E-state index contributed by atoms with van der Waals surface area (Å²) in [6.07, 6.45) is 6.26. The molecule has 0 unspecified atom stereocenters. The van der Waals surface area contributed by atoms with E-state index in [0.717, 1.165) is 38.5 Å². The van der Waals surface area contributed by atoms with Crippen molar-refractivity contribution in [3.8, 4) is 0 Å². The third kappa shape index (κ3) is 3.78. The molecule has 0 aromatic carbocycles. The second-order valence-corrected chi connectivity index (χ2v) is 6.04. The number of hydrogen-bond acceptors (Lipinski definition) is 5. The predicted molar refractivity (Wildman–Crippen MR) is 82.7 cm³/mol. The number of hydrogen-bond donors (Lipinski definition) is 2. The first-order valence-corrected chi connectivity index (χ1v) is 7.83. The Hall–Kier alpha value is -1.50. The second-order valence-electron chi connectivity index (χ2n) is 5.60. The van der Waals surface area contributed by atoms with Crippen LogP contribution in [0.2, 0.25) is 0 Å². The van der Waals surface area contributed by atoms with Crippen molar-refractivity contribution >= 4 is 23.1 Å². The molecule has 2 rings (SSSR count). The minimum absolute atomic E-state index is 0.0619. The van der Waals surface area contributed by atoms with Crippen LogP contribution in [-0.4, -0.2) is 27.6 Å². The van der Waals surface area contributed by atoms with Gasteiger partial charge in [-0.25, -0.2) is 0 Å². The van der Waals surface area contributed by atoms with E-state index in [1.165, 1.54) is 0 Å². The first-order valence-electron chi connectivity index (χ1n) is 7.42. The largest absolute Gasteiger partial charge is 0.392 e. The maximum Gasteiger partial charge on any atom is 0.233 e. The van der Waals surface area contributed by atoms with E-state index in [0.29, 0.717) is 29.7 Å². The number of nitrogens with zero attached hydrogens (tertiary/aromatic N) is 2. The van der Waals surface area contributed by atoms with Gasteiger partial charge in [0.1, 0.15) is 0 Å². The molecule has 1 aliphatic carbocycles. The van der Waals surface area contributed by atoms with Crippen molar-refractivity contribution < 1.29 is 9.32 Å². The van der Waals surface area contributed by atoms with Gasteiger partial charge in [0.2, 0.25) is 11.8 Å². The molecule has 6 nitrogen and oxygen atoms in total. The van der Waals surface area contributed by atoms with Crippen LogP contribution >= 0.6 is 12.2 Å². The number of amides is 1. The molecule has 0 radical (unpaired) electrons. The molecule has 1 aromatic heterocycles. The van der Waals surface area contributed by atoms with Crippen molar-refractivity contribution in [2.45, 2.75) is 51.9 Å². The molecule has 0 bridgehead atoms. The quantitative estimate of drug-likeness (QED) is 0.634. The summed E-state index contributed by atoms with van der Waals surface area (Å²) < 4.78 is 5.02. The summed E-state index contributed by atoms with van der Waals surface area (Å²) in [5.41, 5.74) is 5.20. The topological polar surface area (TPSA) is 94.0 Å². The SMILES string of the molecule is Cc1noc(CCNC(=O)C2(C(N)=S)CCCCCC2)n1. The highest BCUT2D eigenvalue weighted by Crippen LogP contribution is 2.35. The van der Waals surface area contributed by atoms with Gasteiger partial charge in [0.25, 0.3) is 0 Å². The van der Waals surface area contributed by atoms with Crippen LogP contribution < -0.4 is 11.1 Å².